The van der Waals surface area contributed by atoms with Gasteiger partial charge in [0.2, 0.25) is 0 Å². The third kappa shape index (κ3) is 4.34. The number of imide groups is 2. The minimum absolute atomic E-state index is 0.00196. The predicted molar refractivity (Wildman–Crippen MR) is 122 cm³/mol. The summed E-state index contributed by atoms with van der Waals surface area (Å²) in [5.41, 5.74) is 1.27. The number of hydrogen-bond donors (Lipinski definition) is 1. The number of halogens is 1. The van der Waals surface area contributed by atoms with Gasteiger partial charge in [-0.1, -0.05) is 35.2 Å². The largest absolute Gasteiger partial charge is 0.465 e. The molecule has 8 nitrogen and oxygen atoms in total. The second-order valence-electron chi connectivity index (χ2n) is 7.96. The molecule has 1 aromatic heterocycles. The van der Waals surface area contributed by atoms with Gasteiger partial charge in [0.1, 0.15) is 12.1 Å². The van der Waals surface area contributed by atoms with Gasteiger partial charge in [-0.05, 0) is 44.0 Å². The number of carbonyl (C=O) groups is 4. The molecule has 168 valence electrons. The number of ether oxygens (including phenoxy) is 1. The fourth-order valence-corrected chi connectivity index (χ4v) is 4.75. The summed E-state index contributed by atoms with van der Waals surface area (Å²) < 4.78 is 7.60. The van der Waals surface area contributed by atoms with E-state index in [-0.39, 0.29) is 30.7 Å². The molecule has 32 heavy (non-hydrogen) atoms. The van der Waals surface area contributed by atoms with Crippen LogP contribution in [0.2, 0.25) is 0 Å². The number of nitrogens with zero attached hydrogens (tertiary/aromatic N) is 2. The lowest BCUT2D eigenvalue weighted by atomic mass is 9.93. The van der Waals surface area contributed by atoms with E-state index in [1.807, 2.05) is 18.2 Å². The number of hydrogen-bond acceptors (Lipinski definition) is 5. The Hall–Kier alpha value is -2.94. The van der Waals surface area contributed by atoms with Gasteiger partial charge < -0.3 is 9.30 Å². The highest BCUT2D eigenvalue weighted by atomic mass is 79.9. The van der Waals surface area contributed by atoms with Gasteiger partial charge in [0.15, 0.2) is 0 Å². The first kappa shape index (κ1) is 22.3. The summed E-state index contributed by atoms with van der Waals surface area (Å²) in [7, 11) is 0. The van der Waals surface area contributed by atoms with Crippen LogP contribution in [0.3, 0.4) is 0 Å². The van der Waals surface area contributed by atoms with E-state index in [1.54, 1.807) is 17.7 Å². The van der Waals surface area contributed by atoms with E-state index in [0.717, 1.165) is 47.5 Å². The van der Waals surface area contributed by atoms with Crippen LogP contribution in [-0.4, -0.2) is 45.9 Å². The predicted octanol–water partition coefficient (Wildman–Crippen LogP) is 3.76. The van der Waals surface area contributed by atoms with E-state index in [2.05, 4.69) is 21.2 Å². The average Bonchev–Trinajstić information content (AvgIpc) is 3.08. The number of amides is 4. The van der Waals surface area contributed by atoms with Gasteiger partial charge in [0.05, 0.1) is 6.61 Å². The number of barbiturate groups is 1. The first-order valence-electron chi connectivity index (χ1n) is 10.7. The van der Waals surface area contributed by atoms with Crippen LogP contribution in [0, 0.1) is 0 Å². The SMILES string of the molecule is CCOC(=O)Cn1cc(/C=C2\C(=O)NC(=O)N(C3CCCCC3)C2=O)c2cc(Br)ccc21. The third-order valence-corrected chi connectivity index (χ3v) is 6.34. The van der Waals surface area contributed by atoms with Crippen molar-refractivity contribution in [2.45, 2.75) is 51.6 Å². The van der Waals surface area contributed by atoms with Crippen molar-refractivity contribution in [3.05, 3.63) is 40.0 Å². The van der Waals surface area contributed by atoms with Crippen molar-refractivity contribution < 1.29 is 23.9 Å². The van der Waals surface area contributed by atoms with E-state index in [9.17, 15) is 19.2 Å². The molecule has 0 radical (unpaired) electrons. The first-order valence-corrected chi connectivity index (χ1v) is 11.5. The Morgan fingerprint density at radius 1 is 1.22 bits per heavy atom. The molecule has 1 saturated heterocycles. The molecule has 2 aliphatic rings. The van der Waals surface area contributed by atoms with Crippen molar-refractivity contribution in [1.29, 1.82) is 0 Å². The van der Waals surface area contributed by atoms with Crippen LogP contribution < -0.4 is 5.32 Å². The molecule has 1 N–H and O–H groups in total. The molecule has 1 aliphatic heterocycles. The number of aromatic nitrogens is 1. The molecular weight excluding hydrogens is 478 g/mol. The summed E-state index contributed by atoms with van der Waals surface area (Å²) in [5.74, 6) is -1.67. The summed E-state index contributed by atoms with van der Waals surface area (Å²) in [5, 5.41) is 3.07. The summed E-state index contributed by atoms with van der Waals surface area (Å²) in [6.45, 7) is 2.02. The average molecular weight is 502 g/mol. The van der Waals surface area contributed by atoms with Crippen LogP contribution in [0.1, 0.15) is 44.6 Å². The molecule has 9 heteroatoms. The Bertz CT molecular complexity index is 1130. The van der Waals surface area contributed by atoms with Crippen LogP contribution in [0.4, 0.5) is 4.79 Å². The molecule has 1 aliphatic carbocycles. The van der Waals surface area contributed by atoms with Crippen LogP contribution in [-0.2, 0) is 25.7 Å². The number of urea groups is 1. The Labute approximate surface area is 193 Å². The number of benzene rings is 1. The van der Waals surface area contributed by atoms with Gasteiger partial charge >= 0.3 is 12.0 Å². The van der Waals surface area contributed by atoms with E-state index in [1.165, 1.54) is 11.0 Å². The quantitative estimate of drug-likeness (QED) is 0.382. The standard InChI is InChI=1S/C23H24BrN3O5/c1-2-32-20(28)13-26-12-14(17-11-15(24)8-9-19(17)26)10-18-21(29)25-23(31)27(22(18)30)16-6-4-3-5-7-16/h8-12,16H,2-7,13H2,1H3,(H,25,29,31)/b18-10+. The Kier molecular flexibility index (Phi) is 6.45. The molecule has 4 rings (SSSR count). The van der Waals surface area contributed by atoms with Gasteiger partial charge in [0, 0.05) is 33.2 Å². The van der Waals surface area contributed by atoms with Gasteiger partial charge in [-0.2, -0.15) is 0 Å². The van der Waals surface area contributed by atoms with Crippen molar-refractivity contribution in [3.63, 3.8) is 0 Å². The summed E-state index contributed by atoms with van der Waals surface area (Å²) in [6, 6.07) is 4.70. The molecule has 2 heterocycles. The molecule has 0 atom stereocenters. The monoisotopic (exact) mass is 501 g/mol. The Balaban J connectivity index is 1.74. The minimum atomic E-state index is -0.714. The number of nitrogens with one attached hydrogen (secondary N) is 1. The molecule has 2 fully saturated rings. The second kappa shape index (κ2) is 9.28. The van der Waals surface area contributed by atoms with Crippen molar-refractivity contribution in [2.75, 3.05) is 6.61 Å². The summed E-state index contributed by atoms with van der Waals surface area (Å²) in [4.78, 5) is 51.5. The molecule has 4 amide bonds. The van der Waals surface area contributed by atoms with Gasteiger partial charge in [-0.25, -0.2) is 4.79 Å². The maximum Gasteiger partial charge on any atom is 0.331 e. The molecule has 1 aromatic carbocycles. The molecular formula is C23H24BrN3O5. The third-order valence-electron chi connectivity index (χ3n) is 5.85. The van der Waals surface area contributed by atoms with E-state index >= 15 is 0 Å². The zero-order valence-corrected chi connectivity index (χ0v) is 19.3. The van der Waals surface area contributed by atoms with Gasteiger partial charge in [-0.3, -0.25) is 24.6 Å². The molecule has 1 saturated carbocycles. The molecule has 0 spiro atoms. The number of rotatable bonds is 5. The second-order valence-corrected chi connectivity index (χ2v) is 8.88. The van der Waals surface area contributed by atoms with Crippen molar-refractivity contribution in [3.8, 4) is 0 Å². The number of esters is 1. The molecule has 0 bridgehead atoms. The first-order chi connectivity index (χ1) is 15.4. The van der Waals surface area contributed by atoms with E-state index in [0.29, 0.717) is 5.56 Å². The maximum absolute atomic E-state index is 13.2. The summed E-state index contributed by atoms with van der Waals surface area (Å²) in [6.07, 6.45) is 7.67. The number of fused-ring (bicyclic) bond motifs is 1. The van der Waals surface area contributed by atoms with Gasteiger partial charge in [0.25, 0.3) is 11.8 Å². The summed E-state index contributed by atoms with van der Waals surface area (Å²) >= 11 is 3.45. The van der Waals surface area contributed by atoms with Crippen LogP contribution in [0.5, 0.6) is 0 Å². The number of carbonyl (C=O) groups excluding carboxylic acids is 4. The molecule has 2 aromatic rings. The lowest BCUT2D eigenvalue weighted by molar-refractivity contribution is -0.143. The highest BCUT2D eigenvalue weighted by molar-refractivity contribution is 9.10. The maximum atomic E-state index is 13.2. The van der Waals surface area contributed by atoms with Crippen LogP contribution in [0.25, 0.3) is 17.0 Å². The highest BCUT2D eigenvalue weighted by Gasteiger charge is 2.40. The minimum Gasteiger partial charge on any atom is -0.465 e. The van der Waals surface area contributed by atoms with Crippen molar-refractivity contribution in [1.82, 2.24) is 14.8 Å². The van der Waals surface area contributed by atoms with Crippen LogP contribution >= 0.6 is 15.9 Å². The van der Waals surface area contributed by atoms with Crippen molar-refractivity contribution >= 4 is 56.7 Å². The normalized spacial score (nSPS) is 19.0. The fraction of sp³-hybridized carbons (Fsp3) is 0.391. The zero-order chi connectivity index (χ0) is 22.8. The lowest BCUT2D eigenvalue weighted by Crippen LogP contribution is -2.58. The lowest BCUT2D eigenvalue weighted by Gasteiger charge is -2.35. The van der Waals surface area contributed by atoms with E-state index < -0.39 is 17.8 Å². The van der Waals surface area contributed by atoms with Gasteiger partial charge in [-0.15, -0.1) is 0 Å². The van der Waals surface area contributed by atoms with E-state index in [4.69, 9.17) is 4.74 Å². The van der Waals surface area contributed by atoms with Crippen molar-refractivity contribution in [2.24, 2.45) is 0 Å². The fourth-order valence-electron chi connectivity index (χ4n) is 4.39. The smallest absolute Gasteiger partial charge is 0.331 e. The van der Waals surface area contributed by atoms with Crippen LogP contribution in [0.15, 0.2) is 34.4 Å². The zero-order valence-electron chi connectivity index (χ0n) is 17.7. The highest BCUT2D eigenvalue weighted by Crippen LogP contribution is 2.30. The Morgan fingerprint density at radius 2 is 1.97 bits per heavy atom. The molecule has 0 unspecified atom stereocenters. The topological polar surface area (TPSA) is 97.7 Å². The Morgan fingerprint density at radius 3 is 2.69 bits per heavy atom.